The van der Waals surface area contributed by atoms with E-state index in [9.17, 15) is 0 Å². The molecule has 20 heavy (non-hydrogen) atoms. The molecule has 1 unspecified atom stereocenters. The average molecular weight is 292 g/mol. The van der Waals surface area contributed by atoms with Crippen molar-refractivity contribution in [3.05, 3.63) is 51.8 Å². The predicted molar refractivity (Wildman–Crippen MR) is 84.1 cm³/mol. The Hall–Kier alpha value is -1.32. The van der Waals surface area contributed by atoms with Crippen molar-refractivity contribution < 1.29 is 0 Å². The molecule has 3 nitrogen and oxygen atoms in total. The van der Waals surface area contributed by atoms with Gasteiger partial charge in [0.15, 0.2) is 0 Å². The second kappa shape index (κ2) is 6.42. The van der Waals surface area contributed by atoms with Gasteiger partial charge in [-0.25, -0.2) is 0 Å². The summed E-state index contributed by atoms with van der Waals surface area (Å²) < 4.78 is 2.08. The molecule has 0 radical (unpaired) electrons. The van der Waals surface area contributed by atoms with E-state index in [2.05, 4.69) is 18.5 Å². The van der Waals surface area contributed by atoms with Gasteiger partial charge in [-0.3, -0.25) is 4.68 Å². The normalized spacial score (nSPS) is 12.7. The molecule has 2 aromatic rings. The van der Waals surface area contributed by atoms with Gasteiger partial charge in [-0.15, -0.1) is 0 Å². The van der Waals surface area contributed by atoms with Crippen LogP contribution in [-0.4, -0.2) is 9.78 Å². The van der Waals surface area contributed by atoms with Gasteiger partial charge in [-0.1, -0.05) is 37.6 Å². The number of rotatable bonds is 5. The van der Waals surface area contributed by atoms with Crippen LogP contribution in [0.25, 0.3) is 0 Å². The summed E-state index contributed by atoms with van der Waals surface area (Å²) in [5, 5.41) is 5.50. The average Bonchev–Trinajstić information content (AvgIpc) is 2.79. The SMILES string of the molecule is CCc1nn(Cc2ccc(Cl)cc2)c(CC)c1C(C)N. The third-order valence-electron chi connectivity index (χ3n) is 3.55. The van der Waals surface area contributed by atoms with E-state index >= 15 is 0 Å². The van der Waals surface area contributed by atoms with E-state index in [1.807, 2.05) is 31.2 Å². The van der Waals surface area contributed by atoms with Crippen LogP contribution in [0.3, 0.4) is 0 Å². The highest BCUT2D eigenvalue weighted by atomic mass is 35.5. The highest BCUT2D eigenvalue weighted by Gasteiger charge is 2.18. The summed E-state index contributed by atoms with van der Waals surface area (Å²) in [7, 11) is 0. The molecule has 0 amide bonds. The number of aromatic nitrogens is 2. The van der Waals surface area contributed by atoms with Crippen molar-refractivity contribution in [1.82, 2.24) is 9.78 Å². The molecule has 0 spiro atoms. The molecule has 1 heterocycles. The first-order chi connectivity index (χ1) is 9.56. The molecule has 4 heteroatoms. The first kappa shape index (κ1) is 15.1. The smallest absolute Gasteiger partial charge is 0.0672 e. The first-order valence-corrected chi connectivity index (χ1v) is 7.53. The standard InChI is InChI=1S/C16H22ClN3/c1-4-14-16(11(3)18)15(5-2)20(19-14)10-12-6-8-13(17)9-7-12/h6-9,11H,4-5,10,18H2,1-3H3. The fourth-order valence-electron chi connectivity index (χ4n) is 2.62. The zero-order valence-corrected chi connectivity index (χ0v) is 13.1. The maximum absolute atomic E-state index is 6.12. The van der Waals surface area contributed by atoms with Crippen LogP contribution in [0.15, 0.2) is 24.3 Å². The van der Waals surface area contributed by atoms with Gasteiger partial charge in [0.1, 0.15) is 0 Å². The van der Waals surface area contributed by atoms with E-state index in [0.717, 1.165) is 30.1 Å². The zero-order chi connectivity index (χ0) is 14.7. The molecule has 2 N–H and O–H groups in total. The van der Waals surface area contributed by atoms with Crippen molar-refractivity contribution in [3.63, 3.8) is 0 Å². The zero-order valence-electron chi connectivity index (χ0n) is 12.4. The number of hydrogen-bond donors (Lipinski definition) is 1. The third kappa shape index (κ3) is 3.05. The quantitative estimate of drug-likeness (QED) is 0.912. The van der Waals surface area contributed by atoms with Crippen LogP contribution in [0.5, 0.6) is 0 Å². The van der Waals surface area contributed by atoms with Crippen LogP contribution in [0.1, 0.15) is 49.3 Å². The van der Waals surface area contributed by atoms with Gasteiger partial charge in [-0.2, -0.15) is 5.10 Å². The van der Waals surface area contributed by atoms with E-state index < -0.39 is 0 Å². The lowest BCUT2D eigenvalue weighted by atomic mass is 10.0. The largest absolute Gasteiger partial charge is 0.324 e. The molecule has 1 aromatic carbocycles. The topological polar surface area (TPSA) is 43.8 Å². The van der Waals surface area contributed by atoms with E-state index in [4.69, 9.17) is 22.4 Å². The minimum Gasteiger partial charge on any atom is -0.324 e. The molecule has 0 saturated carbocycles. The number of halogens is 1. The molecule has 0 bridgehead atoms. The lowest BCUT2D eigenvalue weighted by Gasteiger charge is -2.10. The Morgan fingerprint density at radius 3 is 2.35 bits per heavy atom. The highest BCUT2D eigenvalue weighted by Crippen LogP contribution is 2.23. The van der Waals surface area contributed by atoms with Gasteiger partial charge in [0.05, 0.1) is 12.2 Å². The number of benzene rings is 1. The Morgan fingerprint density at radius 1 is 1.20 bits per heavy atom. The molecule has 108 valence electrons. The second-order valence-corrected chi connectivity index (χ2v) is 5.52. The van der Waals surface area contributed by atoms with E-state index in [-0.39, 0.29) is 6.04 Å². The van der Waals surface area contributed by atoms with Crippen molar-refractivity contribution in [2.45, 2.75) is 46.2 Å². The van der Waals surface area contributed by atoms with Crippen molar-refractivity contribution in [3.8, 4) is 0 Å². The van der Waals surface area contributed by atoms with Crippen LogP contribution in [0, 0.1) is 0 Å². The number of aryl methyl sites for hydroxylation is 1. The summed E-state index contributed by atoms with van der Waals surface area (Å²) in [4.78, 5) is 0. The molecule has 0 aliphatic carbocycles. The molecule has 0 saturated heterocycles. The maximum Gasteiger partial charge on any atom is 0.0672 e. The Balaban J connectivity index is 2.38. The van der Waals surface area contributed by atoms with Gasteiger partial charge in [-0.05, 0) is 37.5 Å². The van der Waals surface area contributed by atoms with Crippen LogP contribution in [-0.2, 0) is 19.4 Å². The Labute approximate surface area is 125 Å². The van der Waals surface area contributed by atoms with E-state index in [0.29, 0.717) is 0 Å². The monoisotopic (exact) mass is 291 g/mol. The summed E-state index contributed by atoms with van der Waals surface area (Å²) in [5.74, 6) is 0. The van der Waals surface area contributed by atoms with Gasteiger partial charge in [0.25, 0.3) is 0 Å². The van der Waals surface area contributed by atoms with Crippen molar-refractivity contribution in [2.24, 2.45) is 5.73 Å². The fraction of sp³-hybridized carbons (Fsp3) is 0.438. The summed E-state index contributed by atoms with van der Waals surface area (Å²) in [6.45, 7) is 7.07. The van der Waals surface area contributed by atoms with Crippen molar-refractivity contribution >= 4 is 11.6 Å². The fourth-order valence-corrected chi connectivity index (χ4v) is 2.74. The van der Waals surface area contributed by atoms with Crippen LogP contribution < -0.4 is 5.73 Å². The summed E-state index contributed by atoms with van der Waals surface area (Å²) in [6, 6.07) is 7.94. The summed E-state index contributed by atoms with van der Waals surface area (Å²) in [6.07, 6.45) is 1.86. The Bertz CT molecular complexity index is 570. The molecule has 0 aliphatic rings. The van der Waals surface area contributed by atoms with Gasteiger partial charge in [0.2, 0.25) is 0 Å². The third-order valence-corrected chi connectivity index (χ3v) is 3.80. The minimum absolute atomic E-state index is 0.0267. The van der Waals surface area contributed by atoms with Gasteiger partial charge in [0, 0.05) is 22.3 Å². The lowest BCUT2D eigenvalue weighted by Crippen LogP contribution is -2.11. The van der Waals surface area contributed by atoms with Crippen molar-refractivity contribution in [2.75, 3.05) is 0 Å². The molecular weight excluding hydrogens is 270 g/mol. The van der Waals surface area contributed by atoms with E-state index in [1.54, 1.807) is 0 Å². The number of nitrogens with two attached hydrogens (primary N) is 1. The Kier molecular flexibility index (Phi) is 4.84. The van der Waals surface area contributed by atoms with Gasteiger partial charge >= 0.3 is 0 Å². The maximum atomic E-state index is 6.12. The molecule has 2 rings (SSSR count). The molecular formula is C16H22ClN3. The van der Waals surface area contributed by atoms with Crippen LogP contribution in [0.2, 0.25) is 5.02 Å². The van der Waals surface area contributed by atoms with Gasteiger partial charge < -0.3 is 5.73 Å². The summed E-state index contributed by atoms with van der Waals surface area (Å²) >= 11 is 5.93. The van der Waals surface area contributed by atoms with Crippen LogP contribution >= 0.6 is 11.6 Å². The number of hydrogen-bond acceptors (Lipinski definition) is 2. The summed E-state index contributed by atoms with van der Waals surface area (Å²) in [5.41, 5.74) is 10.9. The molecule has 1 atom stereocenters. The molecule has 0 fully saturated rings. The number of nitrogens with zero attached hydrogens (tertiary/aromatic N) is 2. The van der Waals surface area contributed by atoms with E-state index in [1.165, 1.54) is 16.8 Å². The predicted octanol–water partition coefficient (Wildman–Crippen LogP) is 3.73. The molecule has 1 aromatic heterocycles. The minimum atomic E-state index is 0.0267. The lowest BCUT2D eigenvalue weighted by molar-refractivity contribution is 0.637. The van der Waals surface area contributed by atoms with Crippen molar-refractivity contribution in [1.29, 1.82) is 0 Å². The first-order valence-electron chi connectivity index (χ1n) is 7.15. The second-order valence-electron chi connectivity index (χ2n) is 5.09. The Morgan fingerprint density at radius 2 is 1.85 bits per heavy atom. The molecule has 0 aliphatic heterocycles. The highest BCUT2D eigenvalue weighted by molar-refractivity contribution is 6.30. The van der Waals surface area contributed by atoms with Crippen LogP contribution in [0.4, 0.5) is 0 Å².